The summed E-state index contributed by atoms with van der Waals surface area (Å²) in [5.74, 6) is 23.9. The van der Waals surface area contributed by atoms with Gasteiger partial charge < -0.3 is 37.9 Å². The van der Waals surface area contributed by atoms with Crippen molar-refractivity contribution in [3.05, 3.63) is 46.6 Å². The third-order valence-electron chi connectivity index (χ3n) is 46.5. The molecule has 34 atom stereocenters. The van der Waals surface area contributed by atoms with Gasteiger partial charge in [0, 0.05) is 81.3 Å². The first kappa shape index (κ1) is 112. The van der Waals surface area contributed by atoms with E-state index >= 15 is 0 Å². The van der Waals surface area contributed by atoms with Gasteiger partial charge in [0.25, 0.3) is 0 Å². The Morgan fingerprint density at radius 2 is 0.493 bits per heavy atom. The maximum Gasteiger partial charge on any atom is 0.0612 e. The van der Waals surface area contributed by atoms with E-state index in [-0.39, 0.29) is 0 Å². The van der Waals surface area contributed by atoms with Crippen molar-refractivity contribution in [3.8, 4) is 0 Å². The highest BCUT2D eigenvalue weighted by molar-refractivity contribution is 5.30. The fourth-order valence-corrected chi connectivity index (χ4v) is 38.3. The van der Waals surface area contributed by atoms with Crippen LogP contribution in [-0.4, -0.2) is 106 Å². The molecule has 0 aromatic rings. The minimum Gasteiger partial charge on any atom is -0.385 e. The SMILES string of the molecule is CCC(CCC(C)C1CCC2C3CC=C4CC(OCCCOC)CCC4(C)C3CCC12C)C(C)C.CC[C@H](CC[C@@H](C)[C@H]1CC[C@H]2[C@@H]3CC=C4C[C@@H](OCCCOC)CC[C@]4(C)[C@H]3CCC12C)C(C)C.COCCCOC1CCC2(C)C(=CCC3C2CCC2(C)C(C(C)CCCC(C)C)CCC32)C1.COCCCO[C@H]1CC[C@@]2(C)C(=CC[C@H]3[C@@H]4CC[C@H]([C@H](C)CCCC(C)C)[C@@]4(C)CC[C@@H]32)C1. The van der Waals surface area contributed by atoms with Crippen LogP contribution in [-0.2, 0) is 37.9 Å². The van der Waals surface area contributed by atoms with Gasteiger partial charge in [-0.3, -0.25) is 0 Å². The van der Waals surface area contributed by atoms with Gasteiger partial charge in [-0.2, -0.15) is 0 Å². The van der Waals surface area contributed by atoms with Crippen molar-refractivity contribution in [1.82, 2.24) is 0 Å². The average molecular weight is 1890 g/mol. The smallest absolute Gasteiger partial charge is 0.0612 e. The Kier molecular flexibility index (Phi) is 41.2. The molecule has 0 bridgehead atoms. The molecule has 0 amide bonds. The van der Waals surface area contributed by atoms with E-state index < -0.39 is 0 Å². The van der Waals surface area contributed by atoms with E-state index in [2.05, 4.69) is 177 Å². The molecule has 0 aromatic heterocycles. The molecule has 0 heterocycles. The highest BCUT2D eigenvalue weighted by atomic mass is 16.5. The molecule has 16 rings (SSSR count). The second-order valence-electron chi connectivity index (χ2n) is 54.8. The predicted molar refractivity (Wildman–Crippen MR) is 575 cm³/mol. The van der Waals surface area contributed by atoms with Crippen molar-refractivity contribution >= 4 is 0 Å². The van der Waals surface area contributed by atoms with E-state index in [1.54, 1.807) is 50.7 Å². The van der Waals surface area contributed by atoms with Crippen LogP contribution >= 0.6 is 0 Å². The molecule has 16 aliphatic rings. The van der Waals surface area contributed by atoms with Crippen LogP contribution in [0.1, 0.15) is 461 Å². The molecule has 18 unspecified atom stereocenters. The van der Waals surface area contributed by atoms with Crippen molar-refractivity contribution in [3.63, 3.8) is 0 Å². The Balaban J connectivity index is 0.000000153. The molecule has 0 aliphatic heterocycles. The van der Waals surface area contributed by atoms with Gasteiger partial charge in [-0.05, 0) is 441 Å². The number of ether oxygens (including phenoxy) is 8. The van der Waals surface area contributed by atoms with Crippen molar-refractivity contribution in [2.75, 3.05) is 81.3 Å². The highest BCUT2D eigenvalue weighted by Gasteiger charge is 2.65. The predicted octanol–water partition coefficient (Wildman–Crippen LogP) is 35.1. The van der Waals surface area contributed by atoms with E-state index in [4.69, 9.17) is 37.9 Å². The third-order valence-corrected chi connectivity index (χ3v) is 46.5. The number of fused-ring (bicyclic) bond motifs is 20. The molecule has 0 N–H and O–H groups in total. The second-order valence-corrected chi connectivity index (χ2v) is 54.8. The molecule has 8 heteroatoms. The van der Waals surface area contributed by atoms with Gasteiger partial charge in [-0.15, -0.1) is 0 Å². The van der Waals surface area contributed by atoms with Crippen LogP contribution < -0.4 is 0 Å². The summed E-state index contributed by atoms with van der Waals surface area (Å²) in [6.07, 6.45) is 78.0. The maximum atomic E-state index is 6.28. The lowest BCUT2D eigenvalue weighted by molar-refractivity contribution is -0.0648. The lowest BCUT2D eigenvalue weighted by Crippen LogP contribution is -2.51. The molecule has 0 saturated heterocycles. The van der Waals surface area contributed by atoms with Gasteiger partial charge in [0.15, 0.2) is 0 Å². The van der Waals surface area contributed by atoms with Gasteiger partial charge in [0.1, 0.15) is 0 Å². The lowest BCUT2D eigenvalue weighted by atomic mass is 9.47. The number of rotatable bonds is 42. The maximum absolute atomic E-state index is 6.28. The number of methoxy groups -OCH3 is 4. The molecule has 0 spiro atoms. The largest absolute Gasteiger partial charge is 0.385 e. The Labute approximate surface area is 842 Å². The van der Waals surface area contributed by atoms with Crippen molar-refractivity contribution in [2.45, 2.75) is 485 Å². The van der Waals surface area contributed by atoms with E-state index in [1.165, 1.54) is 283 Å². The van der Waals surface area contributed by atoms with Gasteiger partial charge in [-0.1, -0.05) is 263 Å². The summed E-state index contributed by atoms with van der Waals surface area (Å²) in [4.78, 5) is 0. The minimum absolute atomic E-state index is 0.436. The number of hydrogen-bond acceptors (Lipinski definition) is 8. The molecule has 12 saturated carbocycles. The summed E-state index contributed by atoms with van der Waals surface area (Å²) in [5, 5.41) is 0. The monoisotopic (exact) mass is 1890 g/mol. The zero-order valence-corrected chi connectivity index (χ0v) is 94.5. The molecule has 8 nitrogen and oxygen atoms in total. The Bertz CT molecular complexity index is 3460. The van der Waals surface area contributed by atoms with Crippen molar-refractivity contribution in [2.24, 2.45) is 197 Å². The highest BCUT2D eigenvalue weighted by Crippen LogP contribution is 2.73. The first-order valence-corrected chi connectivity index (χ1v) is 60.3. The van der Waals surface area contributed by atoms with Crippen LogP contribution in [0.25, 0.3) is 0 Å². The quantitative estimate of drug-likeness (QED) is 0.0442. The number of allylic oxidation sites excluding steroid dienone is 4. The molecular weight excluding hydrogens is 1670 g/mol. The molecule has 784 valence electrons. The van der Waals surface area contributed by atoms with E-state index in [1.807, 2.05) is 0 Å². The summed E-state index contributed by atoms with van der Waals surface area (Å²) in [6, 6.07) is 0. The van der Waals surface area contributed by atoms with Crippen LogP contribution in [0.4, 0.5) is 0 Å². The first-order chi connectivity index (χ1) is 65.1. The Hall–Kier alpha value is -1.36. The lowest BCUT2D eigenvalue weighted by Gasteiger charge is -2.58. The molecule has 0 radical (unpaired) electrons. The van der Waals surface area contributed by atoms with Gasteiger partial charge in [0.2, 0.25) is 0 Å². The van der Waals surface area contributed by atoms with Crippen LogP contribution in [0.15, 0.2) is 46.6 Å². The standard InChI is InChI=1S/2C33H58O2.2C31H54O2/c2*1-8-25(23(2)3)11-10-24(4)29-14-15-30-28-13-12-26-22-27(35-21-9-20-34-7)16-18-32(26,5)31(28)17-19-33(29,30)6;2*1-22(2)9-7-10-23(3)27-13-14-28-26-12-11-24-21-25(33-20-8-19-32-6)15-17-30(24,4)29(26)16-18-31(27,28)5/h2*12,23-25,27-31H,8-11,13-22H2,1-7H3;2*11,22-23,25-29H,7-10,12-21H2,1-6H3/t24-,25-,27+,28+,29-,30+,31+,32+,33?;;23-,25+,26+,27-,28+,29+,30+,31-;/m1.1./s1. The molecule has 136 heavy (non-hydrogen) atoms. The number of hydrogen-bond donors (Lipinski definition) is 0. The van der Waals surface area contributed by atoms with Crippen molar-refractivity contribution < 1.29 is 37.9 Å². The summed E-state index contributed by atoms with van der Waals surface area (Å²) in [7, 11) is 7.13. The molecular formula is C128H224O8. The summed E-state index contributed by atoms with van der Waals surface area (Å²) in [5.41, 5.74) is 11.2. The van der Waals surface area contributed by atoms with E-state index in [0.717, 1.165) is 232 Å². The normalized spacial score (nSPS) is 40.9. The van der Waals surface area contributed by atoms with Crippen LogP contribution in [0, 0.1) is 197 Å². The van der Waals surface area contributed by atoms with E-state index in [9.17, 15) is 0 Å². The summed E-state index contributed by atoms with van der Waals surface area (Å²) in [6.45, 7) is 62.6. The topological polar surface area (TPSA) is 73.8 Å². The summed E-state index contributed by atoms with van der Waals surface area (Å²) < 4.78 is 45.9. The zero-order chi connectivity index (χ0) is 97.7. The minimum atomic E-state index is 0.436. The molecule has 12 fully saturated rings. The Morgan fingerprint density at radius 1 is 0.257 bits per heavy atom. The third kappa shape index (κ3) is 24.8. The molecule has 16 aliphatic carbocycles. The molecule has 0 aromatic carbocycles. The first-order valence-electron chi connectivity index (χ1n) is 60.3. The van der Waals surface area contributed by atoms with Crippen molar-refractivity contribution in [1.29, 1.82) is 0 Å². The van der Waals surface area contributed by atoms with Gasteiger partial charge in [0.05, 0.1) is 24.4 Å². The summed E-state index contributed by atoms with van der Waals surface area (Å²) >= 11 is 0. The Morgan fingerprint density at radius 3 is 0.706 bits per heavy atom. The average Bonchev–Trinajstić information content (AvgIpc) is 1.48. The fraction of sp³-hybridized carbons (Fsp3) is 0.938. The van der Waals surface area contributed by atoms with Crippen LogP contribution in [0.5, 0.6) is 0 Å². The van der Waals surface area contributed by atoms with Gasteiger partial charge in [-0.25, -0.2) is 0 Å². The second kappa shape index (κ2) is 50.1. The van der Waals surface area contributed by atoms with Crippen LogP contribution in [0.2, 0.25) is 0 Å². The fourth-order valence-electron chi connectivity index (χ4n) is 38.3. The van der Waals surface area contributed by atoms with Crippen LogP contribution in [0.3, 0.4) is 0 Å². The van der Waals surface area contributed by atoms with E-state index in [0.29, 0.717) is 67.7 Å². The van der Waals surface area contributed by atoms with Gasteiger partial charge >= 0.3 is 0 Å². The zero-order valence-electron chi connectivity index (χ0n) is 94.5.